The third-order valence-electron chi connectivity index (χ3n) is 6.25. The molecule has 2 aromatic carbocycles. The highest BCUT2D eigenvalue weighted by Gasteiger charge is 2.48. The lowest BCUT2D eigenvalue weighted by molar-refractivity contribution is 0.165. The lowest BCUT2D eigenvalue weighted by Gasteiger charge is -2.25. The van der Waals surface area contributed by atoms with Crippen molar-refractivity contribution in [3.8, 4) is 0 Å². The molecule has 6 atom stereocenters. The molecule has 0 spiro atoms. The molecule has 5 rings (SSSR count). The van der Waals surface area contributed by atoms with Gasteiger partial charge in [0.2, 0.25) is 0 Å². The van der Waals surface area contributed by atoms with Crippen LogP contribution in [-0.2, 0) is 38.1 Å². The van der Waals surface area contributed by atoms with Crippen LogP contribution in [0.4, 0.5) is 0 Å². The summed E-state index contributed by atoms with van der Waals surface area (Å²) in [5.41, 5.74) is 8.22. The highest BCUT2D eigenvalue weighted by Crippen LogP contribution is 2.35. The van der Waals surface area contributed by atoms with E-state index in [4.69, 9.17) is 15.2 Å². The van der Waals surface area contributed by atoms with Crippen LogP contribution in [0.15, 0.2) is 60.7 Å². The molecule has 0 aromatic heterocycles. The Kier molecular flexibility index (Phi) is 10.8. The van der Waals surface area contributed by atoms with Gasteiger partial charge in [-0.1, -0.05) is 60.7 Å². The second kappa shape index (κ2) is 13.4. The first kappa shape index (κ1) is 30.6. The van der Waals surface area contributed by atoms with Crippen molar-refractivity contribution in [2.24, 2.45) is 5.73 Å². The quantitative estimate of drug-likeness (QED) is 0.352. The van der Waals surface area contributed by atoms with E-state index in [0.717, 1.165) is 25.6 Å². The Labute approximate surface area is 226 Å². The molecule has 2 N–H and O–H groups in total. The number of hydrogen-bond donors (Lipinski definition) is 1. The maximum atomic E-state index is 10.6. The van der Waals surface area contributed by atoms with E-state index >= 15 is 0 Å². The van der Waals surface area contributed by atoms with Crippen molar-refractivity contribution in [2.45, 2.75) is 50.3 Å². The standard InChI is InChI=1S/C12H15NO.C8H11N.C6H12O7S2/c1-9(10-5-3-2-4-6-10)13-7-11-12(8-13)14-11;1-7(9)8-5-3-2-4-6-8;1-14(7,8)11-3-5-6(13-5)4-12-15(2,9)10/h2-6,9,11-12H,7-8H2,1H3;2-7H,9H2,1H3;5-6H,3-4H2,1-2H3/t9-,11?,12?;7-;/m00./s1. The molecule has 10 nitrogen and oxygen atoms in total. The third kappa shape index (κ3) is 11.1. The Morgan fingerprint density at radius 2 is 1.21 bits per heavy atom. The van der Waals surface area contributed by atoms with Gasteiger partial charge < -0.3 is 15.2 Å². The van der Waals surface area contributed by atoms with E-state index in [1.165, 1.54) is 11.1 Å². The predicted octanol–water partition coefficient (Wildman–Crippen LogP) is 2.24. The summed E-state index contributed by atoms with van der Waals surface area (Å²) in [6.45, 7) is 6.25. The Morgan fingerprint density at radius 1 is 0.789 bits per heavy atom. The summed E-state index contributed by atoms with van der Waals surface area (Å²) in [7, 11) is -6.97. The van der Waals surface area contributed by atoms with Crippen molar-refractivity contribution in [3.63, 3.8) is 0 Å². The minimum Gasteiger partial charge on any atom is -0.367 e. The van der Waals surface area contributed by atoms with Crippen molar-refractivity contribution >= 4 is 20.2 Å². The lowest BCUT2D eigenvalue weighted by atomic mass is 10.1. The number of hydrogen-bond acceptors (Lipinski definition) is 10. The van der Waals surface area contributed by atoms with Gasteiger partial charge in [-0.05, 0) is 25.0 Å². The molecule has 3 aliphatic heterocycles. The molecule has 0 saturated carbocycles. The maximum absolute atomic E-state index is 10.6. The van der Waals surface area contributed by atoms with E-state index < -0.39 is 32.4 Å². The van der Waals surface area contributed by atoms with Crippen LogP contribution in [0.2, 0.25) is 0 Å². The molecule has 3 fully saturated rings. The fraction of sp³-hybridized carbons (Fsp3) is 0.538. The van der Waals surface area contributed by atoms with Gasteiger partial charge in [0.05, 0.1) is 37.9 Å². The second-order valence-corrected chi connectivity index (χ2v) is 12.9. The Bertz CT molecular complexity index is 1160. The van der Waals surface area contributed by atoms with Crippen molar-refractivity contribution < 1.29 is 34.7 Å². The number of rotatable bonds is 9. The zero-order valence-corrected chi connectivity index (χ0v) is 23.8. The molecule has 2 aromatic rings. The normalized spacial score (nSPS) is 25.6. The van der Waals surface area contributed by atoms with Gasteiger partial charge >= 0.3 is 0 Å². The van der Waals surface area contributed by atoms with Crippen LogP contribution in [0.25, 0.3) is 0 Å². The van der Waals surface area contributed by atoms with Crippen molar-refractivity contribution in [2.75, 3.05) is 38.8 Å². The number of nitrogens with zero attached hydrogens (tertiary/aromatic N) is 1. The molecule has 0 amide bonds. The molecule has 12 heteroatoms. The smallest absolute Gasteiger partial charge is 0.264 e. The first-order valence-electron chi connectivity index (χ1n) is 12.4. The average Bonchev–Trinajstić information content (AvgIpc) is 3.78. The van der Waals surface area contributed by atoms with Gasteiger partial charge in [-0.3, -0.25) is 13.3 Å². The van der Waals surface area contributed by atoms with Crippen LogP contribution in [0.1, 0.15) is 37.1 Å². The summed E-state index contributed by atoms with van der Waals surface area (Å²) in [5, 5.41) is 0. The highest BCUT2D eigenvalue weighted by molar-refractivity contribution is 7.86. The number of benzene rings is 2. The highest BCUT2D eigenvalue weighted by atomic mass is 32.2. The van der Waals surface area contributed by atoms with Crippen molar-refractivity contribution in [1.82, 2.24) is 4.90 Å². The molecule has 0 radical (unpaired) electrons. The molecule has 3 saturated heterocycles. The van der Waals surface area contributed by atoms with Gasteiger partial charge in [0.15, 0.2) is 0 Å². The van der Waals surface area contributed by atoms with Gasteiger partial charge in [0.1, 0.15) is 12.2 Å². The summed E-state index contributed by atoms with van der Waals surface area (Å²) in [6, 6.07) is 21.4. The fourth-order valence-corrected chi connectivity index (χ4v) is 4.67. The maximum Gasteiger partial charge on any atom is 0.264 e. The number of fused-ring (bicyclic) bond motifs is 1. The van der Waals surface area contributed by atoms with Gasteiger partial charge in [-0.15, -0.1) is 0 Å². The number of likely N-dealkylation sites (tertiary alicyclic amines) is 1. The molecule has 212 valence electrons. The topological polar surface area (TPSA) is 141 Å². The van der Waals surface area contributed by atoms with Crippen molar-refractivity contribution in [1.29, 1.82) is 0 Å². The second-order valence-electron chi connectivity index (χ2n) is 9.64. The van der Waals surface area contributed by atoms with Crippen LogP contribution in [0.3, 0.4) is 0 Å². The largest absolute Gasteiger partial charge is 0.367 e. The molecule has 4 unspecified atom stereocenters. The van der Waals surface area contributed by atoms with Gasteiger partial charge in [-0.25, -0.2) is 0 Å². The van der Waals surface area contributed by atoms with E-state index in [-0.39, 0.29) is 19.3 Å². The molecular formula is C26H38N2O8S2. The van der Waals surface area contributed by atoms with E-state index in [0.29, 0.717) is 18.2 Å². The third-order valence-corrected chi connectivity index (χ3v) is 7.38. The summed E-state index contributed by atoms with van der Waals surface area (Å²) >= 11 is 0. The average molecular weight is 571 g/mol. The fourth-order valence-electron chi connectivity index (χ4n) is 3.91. The predicted molar refractivity (Wildman–Crippen MR) is 144 cm³/mol. The van der Waals surface area contributed by atoms with Crippen LogP contribution < -0.4 is 5.73 Å². The number of ether oxygens (including phenoxy) is 2. The van der Waals surface area contributed by atoms with Crippen LogP contribution >= 0.6 is 0 Å². The first-order valence-corrected chi connectivity index (χ1v) is 16.0. The number of morpholine rings is 1. The van der Waals surface area contributed by atoms with E-state index in [1.807, 2.05) is 37.3 Å². The van der Waals surface area contributed by atoms with Gasteiger partial charge in [0.25, 0.3) is 20.2 Å². The zero-order valence-electron chi connectivity index (χ0n) is 22.2. The number of epoxide rings is 2. The monoisotopic (exact) mass is 570 g/mol. The summed E-state index contributed by atoms with van der Waals surface area (Å²) in [5.74, 6) is 0. The van der Waals surface area contributed by atoms with E-state index in [9.17, 15) is 16.8 Å². The number of nitrogens with two attached hydrogens (primary N) is 1. The lowest BCUT2D eigenvalue weighted by Crippen LogP contribution is -2.27. The molecule has 0 aliphatic carbocycles. The Hall–Kier alpha value is -1.90. The van der Waals surface area contributed by atoms with Crippen LogP contribution in [0, 0.1) is 0 Å². The van der Waals surface area contributed by atoms with E-state index in [1.54, 1.807) is 0 Å². The SMILES string of the molecule is CS(=O)(=O)OCC1OC1COS(C)(=O)=O.C[C@@H](c1ccccc1)N1CC2OC2C1.C[C@H](N)c1ccccc1. The summed E-state index contributed by atoms with van der Waals surface area (Å²) in [6.07, 6.45) is 2.11. The van der Waals surface area contributed by atoms with E-state index in [2.05, 4.69) is 50.5 Å². The molecular weight excluding hydrogens is 532 g/mol. The first-order chi connectivity index (χ1) is 17.8. The summed E-state index contributed by atoms with van der Waals surface area (Å²) in [4.78, 5) is 2.51. The van der Waals surface area contributed by atoms with Crippen LogP contribution in [-0.4, -0.2) is 85.0 Å². The molecule has 0 bridgehead atoms. The Morgan fingerprint density at radius 3 is 1.58 bits per heavy atom. The minimum atomic E-state index is -3.49. The van der Waals surface area contributed by atoms with Gasteiger partial charge in [-0.2, -0.15) is 16.8 Å². The van der Waals surface area contributed by atoms with Gasteiger partial charge in [0, 0.05) is 25.2 Å². The zero-order chi connectivity index (χ0) is 27.9. The molecule has 3 aliphatic rings. The molecule has 3 heterocycles. The van der Waals surface area contributed by atoms with Crippen molar-refractivity contribution in [3.05, 3.63) is 71.8 Å². The molecule has 38 heavy (non-hydrogen) atoms. The Balaban J connectivity index is 0.000000163. The summed E-state index contributed by atoms with van der Waals surface area (Å²) < 4.78 is 61.6. The van der Waals surface area contributed by atoms with Crippen LogP contribution in [0.5, 0.6) is 0 Å². The minimum absolute atomic E-state index is 0.114.